The van der Waals surface area contributed by atoms with Crippen LogP contribution in [0.4, 0.5) is 5.69 Å². The number of halogens is 1. The number of hydrogen-bond acceptors (Lipinski definition) is 4. The molecular weight excluding hydrogens is 420 g/mol. The number of aromatic nitrogens is 1. The van der Waals surface area contributed by atoms with Gasteiger partial charge in [-0.25, -0.2) is 8.42 Å². The molecule has 0 aliphatic carbocycles. The van der Waals surface area contributed by atoms with Crippen LogP contribution in [-0.2, 0) is 10.0 Å². The normalized spacial score (nSPS) is 12.5. The standard InChI is InChI=1S/C23H21ClN2O3S/c1-3-23(18-6-9-21(29-2)10-7-18)30(27,28)26-22-11-8-20(24)16-19(22)5-4-17-12-14-25-15-13-17/h3-16,23,26H,1H2,2H3. The van der Waals surface area contributed by atoms with Crippen LogP contribution in [0.3, 0.4) is 0 Å². The molecule has 1 N–H and O–H groups in total. The number of rotatable bonds is 8. The molecule has 0 fully saturated rings. The lowest BCUT2D eigenvalue weighted by Crippen LogP contribution is -2.20. The Balaban J connectivity index is 1.91. The van der Waals surface area contributed by atoms with Gasteiger partial charge in [-0.05, 0) is 53.6 Å². The van der Waals surface area contributed by atoms with Crippen LogP contribution in [0.5, 0.6) is 5.75 Å². The second-order valence-corrected chi connectivity index (χ2v) is 8.66. The predicted octanol–water partition coefficient (Wildman–Crippen LogP) is 5.58. The van der Waals surface area contributed by atoms with Gasteiger partial charge in [-0.2, -0.15) is 0 Å². The lowest BCUT2D eigenvalue weighted by atomic mass is 10.1. The lowest BCUT2D eigenvalue weighted by Gasteiger charge is -2.18. The zero-order valence-corrected chi connectivity index (χ0v) is 17.9. The van der Waals surface area contributed by atoms with E-state index in [0.29, 0.717) is 27.6 Å². The van der Waals surface area contributed by atoms with E-state index >= 15 is 0 Å². The third-order valence-corrected chi connectivity index (χ3v) is 6.29. The van der Waals surface area contributed by atoms with Crippen molar-refractivity contribution < 1.29 is 13.2 Å². The first kappa shape index (κ1) is 21.6. The molecule has 0 saturated heterocycles. The molecule has 1 aromatic heterocycles. The SMILES string of the molecule is C=CC(c1ccc(OC)cc1)S(=O)(=O)Nc1ccc(Cl)cc1C=Cc1ccncc1. The van der Waals surface area contributed by atoms with Gasteiger partial charge in [0.1, 0.15) is 11.0 Å². The quantitative estimate of drug-likeness (QED) is 0.464. The van der Waals surface area contributed by atoms with Crippen molar-refractivity contribution in [2.24, 2.45) is 0 Å². The van der Waals surface area contributed by atoms with Crippen LogP contribution in [0, 0.1) is 0 Å². The van der Waals surface area contributed by atoms with Gasteiger partial charge in [-0.1, -0.05) is 42.0 Å². The number of sulfonamides is 1. The summed E-state index contributed by atoms with van der Waals surface area (Å²) in [6.45, 7) is 3.71. The van der Waals surface area contributed by atoms with Crippen LogP contribution in [0.25, 0.3) is 12.2 Å². The molecule has 0 aliphatic heterocycles. The summed E-state index contributed by atoms with van der Waals surface area (Å²) in [7, 11) is -2.26. The Bertz CT molecular complexity index is 1140. The molecule has 0 radical (unpaired) electrons. The van der Waals surface area contributed by atoms with Gasteiger partial charge < -0.3 is 4.74 Å². The molecule has 0 aliphatic rings. The first-order valence-electron chi connectivity index (χ1n) is 9.09. The van der Waals surface area contributed by atoms with Crippen LogP contribution in [0.2, 0.25) is 5.02 Å². The average Bonchev–Trinajstić information content (AvgIpc) is 2.75. The molecule has 3 rings (SSSR count). The van der Waals surface area contributed by atoms with Gasteiger partial charge in [0.2, 0.25) is 10.0 Å². The summed E-state index contributed by atoms with van der Waals surface area (Å²) in [5, 5.41) is -0.432. The molecule has 0 spiro atoms. The summed E-state index contributed by atoms with van der Waals surface area (Å²) in [5.74, 6) is 0.646. The van der Waals surface area contributed by atoms with Crippen LogP contribution in [-0.4, -0.2) is 20.5 Å². The zero-order valence-electron chi connectivity index (χ0n) is 16.3. The van der Waals surface area contributed by atoms with E-state index in [-0.39, 0.29) is 0 Å². The van der Waals surface area contributed by atoms with Gasteiger partial charge in [-0.15, -0.1) is 6.58 Å². The summed E-state index contributed by atoms with van der Waals surface area (Å²) in [5.41, 5.74) is 2.58. The second kappa shape index (κ2) is 9.61. The first-order chi connectivity index (χ1) is 14.4. The number of nitrogens with zero attached hydrogens (tertiary/aromatic N) is 1. The molecule has 5 nitrogen and oxygen atoms in total. The van der Waals surface area contributed by atoms with Crippen molar-refractivity contribution in [2.45, 2.75) is 5.25 Å². The lowest BCUT2D eigenvalue weighted by molar-refractivity contribution is 0.414. The maximum Gasteiger partial charge on any atom is 0.243 e. The summed E-state index contributed by atoms with van der Waals surface area (Å²) >= 11 is 6.13. The number of ether oxygens (including phenoxy) is 1. The van der Waals surface area contributed by atoms with Gasteiger partial charge in [-0.3, -0.25) is 9.71 Å². The number of pyridine rings is 1. The van der Waals surface area contributed by atoms with Crippen LogP contribution in [0.1, 0.15) is 21.9 Å². The molecular formula is C23H21ClN2O3S. The first-order valence-corrected chi connectivity index (χ1v) is 11.0. The minimum Gasteiger partial charge on any atom is -0.497 e. The van der Waals surface area contributed by atoms with Crippen molar-refractivity contribution >= 4 is 39.5 Å². The molecule has 0 bridgehead atoms. The molecule has 1 heterocycles. The van der Waals surface area contributed by atoms with Crippen molar-refractivity contribution in [1.29, 1.82) is 0 Å². The summed E-state index contributed by atoms with van der Waals surface area (Å²) in [6.07, 6.45) is 8.43. The van der Waals surface area contributed by atoms with Crippen molar-refractivity contribution in [3.63, 3.8) is 0 Å². The van der Waals surface area contributed by atoms with E-state index in [9.17, 15) is 8.42 Å². The maximum atomic E-state index is 13.1. The van der Waals surface area contributed by atoms with Gasteiger partial charge in [0, 0.05) is 23.0 Å². The maximum absolute atomic E-state index is 13.1. The number of hydrogen-bond donors (Lipinski definition) is 1. The monoisotopic (exact) mass is 440 g/mol. The Morgan fingerprint density at radius 3 is 2.40 bits per heavy atom. The predicted molar refractivity (Wildman–Crippen MR) is 123 cm³/mol. The molecule has 3 aromatic rings. The third kappa shape index (κ3) is 5.28. The molecule has 0 amide bonds. The Hall–Kier alpha value is -3.09. The summed E-state index contributed by atoms with van der Waals surface area (Å²) in [6, 6.07) is 15.5. The van der Waals surface area contributed by atoms with E-state index in [1.54, 1.807) is 68.0 Å². The topological polar surface area (TPSA) is 68.3 Å². The average molecular weight is 441 g/mol. The zero-order chi connectivity index (χ0) is 21.6. The minimum atomic E-state index is -3.81. The Kier molecular flexibility index (Phi) is 6.92. The largest absolute Gasteiger partial charge is 0.497 e. The highest BCUT2D eigenvalue weighted by atomic mass is 35.5. The molecule has 1 atom stereocenters. The second-order valence-electron chi connectivity index (χ2n) is 6.42. The van der Waals surface area contributed by atoms with Gasteiger partial charge in [0.05, 0.1) is 12.8 Å². The molecule has 0 saturated carbocycles. The Labute approximate surface area is 181 Å². The fourth-order valence-corrected chi connectivity index (χ4v) is 4.45. The van der Waals surface area contributed by atoms with Gasteiger partial charge >= 0.3 is 0 Å². The Morgan fingerprint density at radius 1 is 1.07 bits per heavy atom. The van der Waals surface area contributed by atoms with E-state index in [2.05, 4.69) is 16.3 Å². The fraction of sp³-hybridized carbons (Fsp3) is 0.0870. The molecule has 7 heteroatoms. The van der Waals surface area contributed by atoms with E-state index in [0.717, 1.165) is 5.56 Å². The van der Waals surface area contributed by atoms with Crippen molar-refractivity contribution in [3.8, 4) is 5.75 Å². The number of anilines is 1. The smallest absolute Gasteiger partial charge is 0.243 e. The highest BCUT2D eigenvalue weighted by molar-refractivity contribution is 7.93. The molecule has 2 aromatic carbocycles. The van der Waals surface area contributed by atoms with Crippen molar-refractivity contribution in [1.82, 2.24) is 4.98 Å². The highest BCUT2D eigenvalue weighted by Gasteiger charge is 2.25. The van der Waals surface area contributed by atoms with Crippen LogP contribution >= 0.6 is 11.6 Å². The van der Waals surface area contributed by atoms with Crippen molar-refractivity contribution in [3.05, 3.63) is 101 Å². The van der Waals surface area contributed by atoms with E-state index in [4.69, 9.17) is 16.3 Å². The third-order valence-electron chi connectivity index (χ3n) is 4.42. The van der Waals surface area contributed by atoms with Crippen molar-refractivity contribution in [2.75, 3.05) is 11.8 Å². The van der Waals surface area contributed by atoms with E-state index in [1.165, 1.54) is 6.08 Å². The summed E-state index contributed by atoms with van der Waals surface area (Å²) in [4.78, 5) is 3.99. The van der Waals surface area contributed by atoms with Gasteiger partial charge in [0.25, 0.3) is 0 Å². The molecule has 30 heavy (non-hydrogen) atoms. The number of methoxy groups -OCH3 is 1. The van der Waals surface area contributed by atoms with E-state index in [1.807, 2.05) is 18.2 Å². The minimum absolute atomic E-state index is 0.421. The van der Waals surface area contributed by atoms with E-state index < -0.39 is 15.3 Å². The van der Waals surface area contributed by atoms with Crippen LogP contribution in [0.15, 0.2) is 79.6 Å². The molecule has 1 unspecified atom stereocenters. The summed E-state index contributed by atoms with van der Waals surface area (Å²) < 4.78 is 34.1. The number of nitrogens with one attached hydrogen (secondary N) is 1. The highest BCUT2D eigenvalue weighted by Crippen LogP contribution is 2.30. The van der Waals surface area contributed by atoms with Crippen LogP contribution < -0.4 is 9.46 Å². The van der Waals surface area contributed by atoms with Gasteiger partial charge in [0.15, 0.2) is 0 Å². The molecule has 154 valence electrons. The fourth-order valence-electron chi connectivity index (χ4n) is 2.88. The Morgan fingerprint density at radius 2 is 1.77 bits per heavy atom. The number of benzene rings is 2.